The number of nitrogens with zero attached hydrogens (tertiary/aromatic N) is 2. The summed E-state index contributed by atoms with van der Waals surface area (Å²) < 4.78 is 6.60. The van der Waals surface area contributed by atoms with Gasteiger partial charge in [-0.05, 0) is 45.7 Å². The number of rotatable bonds is 7. The molecule has 0 fully saturated rings. The Kier molecular flexibility index (Phi) is 7.08. The van der Waals surface area contributed by atoms with Crippen LogP contribution in [0.2, 0.25) is 0 Å². The molecule has 1 rings (SSSR count). The first kappa shape index (κ1) is 17.9. The summed E-state index contributed by atoms with van der Waals surface area (Å²) in [6, 6.07) is 4.86. The van der Waals surface area contributed by atoms with Gasteiger partial charge in [-0.2, -0.15) is 5.26 Å². The standard InChI is InChI=1S/C13H15Br2N3O3/c1-8(2)17-9(7-16)3-4-21-13-11(14)5-10(18(19)20)6-12(13)15/h5-6,8-9,17H,3-4H2,1-2H3. The van der Waals surface area contributed by atoms with Crippen molar-refractivity contribution in [1.29, 1.82) is 5.26 Å². The molecule has 21 heavy (non-hydrogen) atoms. The average molecular weight is 421 g/mol. The Morgan fingerprint density at radius 1 is 1.43 bits per heavy atom. The number of halogens is 2. The quantitative estimate of drug-likeness (QED) is 0.535. The van der Waals surface area contributed by atoms with Gasteiger partial charge in [0.05, 0.1) is 32.6 Å². The van der Waals surface area contributed by atoms with Crippen LogP contribution in [-0.4, -0.2) is 23.6 Å². The third kappa shape index (κ3) is 5.61. The smallest absolute Gasteiger partial charge is 0.271 e. The lowest BCUT2D eigenvalue weighted by molar-refractivity contribution is -0.385. The number of benzene rings is 1. The van der Waals surface area contributed by atoms with E-state index in [0.29, 0.717) is 27.7 Å². The number of nitro benzene ring substituents is 1. The van der Waals surface area contributed by atoms with Gasteiger partial charge in [-0.25, -0.2) is 0 Å². The fraction of sp³-hybridized carbons (Fsp3) is 0.462. The van der Waals surface area contributed by atoms with Gasteiger partial charge in [0.25, 0.3) is 5.69 Å². The van der Waals surface area contributed by atoms with E-state index in [9.17, 15) is 10.1 Å². The highest BCUT2D eigenvalue weighted by Gasteiger charge is 2.16. The van der Waals surface area contributed by atoms with Crippen molar-refractivity contribution in [2.75, 3.05) is 6.61 Å². The third-order valence-electron chi connectivity index (χ3n) is 2.54. The first-order valence-electron chi connectivity index (χ1n) is 6.27. The number of nitrogens with one attached hydrogen (secondary N) is 1. The van der Waals surface area contributed by atoms with Crippen molar-refractivity contribution in [2.45, 2.75) is 32.4 Å². The second kappa shape index (κ2) is 8.32. The largest absolute Gasteiger partial charge is 0.491 e. The van der Waals surface area contributed by atoms with Crippen LogP contribution in [0.15, 0.2) is 21.1 Å². The summed E-state index contributed by atoms with van der Waals surface area (Å²) in [5.74, 6) is 0.488. The number of non-ortho nitro benzene ring substituents is 1. The van der Waals surface area contributed by atoms with E-state index in [1.165, 1.54) is 12.1 Å². The molecule has 0 bridgehead atoms. The SMILES string of the molecule is CC(C)NC(C#N)CCOc1c(Br)cc([N+](=O)[O-])cc1Br. The van der Waals surface area contributed by atoms with Gasteiger partial charge in [0.1, 0.15) is 5.75 Å². The fourth-order valence-corrected chi connectivity index (χ4v) is 3.05. The molecule has 1 aromatic carbocycles. The van der Waals surface area contributed by atoms with E-state index in [1.54, 1.807) is 0 Å². The molecule has 1 atom stereocenters. The molecule has 0 saturated heterocycles. The summed E-state index contributed by atoms with van der Waals surface area (Å²) in [4.78, 5) is 10.3. The zero-order valence-corrected chi connectivity index (χ0v) is 14.8. The molecule has 0 aliphatic carbocycles. The lowest BCUT2D eigenvalue weighted by Crippen LogP contribution is -2.34. The summed E-state index contributed by atoms with van der Waals surface area (Å²) >= 11 is 6.50. The van der Waals surface area contributed by atoms with E-state index in [2.05, 4.69) is 43.2 Å². The molecule has 0 saturated carbocycles. The van der Waals surface area contributed by atoms with E-state index in [-0.39, 0.29) is 17.8 Å². The molecular formula is C13H15Br2N3O3. The Hall–Kier alpha value is -1.17. The molecule has 114 valence electrons. The fourth-order valence-electron chi connectivity index (χ4n) is 1.66. The van der Waals surface area contributed by atoms with Crippen LogP contribution >= 0.6 is 31.9 Å². The summed E-state index contributed by atoms with van der Waals surface area (Å²) in [6.07, 6.45) is 0.518. The zero-order chi connectivity index (χ0) is 16.0. The van der Waals surface area contributed by atoms with E-state index in [1.807, 2.05) is 13.8 Å². The number of hydrogen-bond acceptors (Lipinski definition) is 5. The summed E-state index contributed by atoms with van der Waals surface area (Å²) in [7, 11) is 0. The van der Waals surface area contributed by atoms with Crippen LogP contribution in [0.4, 0.5) is 5.69 Å². The van der Waals surface area contributed by atoms with Crippen molar-refractivity contribution >= 4 is 37.5 Å². The van der Waals surface area contributed by atoms with Crippen molar-refractivity contribution in [3.8, 4) is 11.8 Å². The molecule has 6 nitrogen and oxygen atoms in total. The van der Waals surface area contributed by atoms with Gasteiger partial charge in [-0.15, -0.1) is 0 Å². The Balaban J connectivity index is 2.68. The topological polar surface area (TPSA) is 88.2 Å². The molecule has 0 amide bonds. The molecule has 8 heteroatoms. The molecule has 1 N–H and O–H groups in total. The van der Waals surface area contributed by atoms with Crippen molar-refractivity contribution in [3.05, 3.63) is 31.2 Å². The minimum Gasteiger partial charge on any atom is -0.491 e. The minimum atomic E-state index is -0.475. The second-order valence-corrected chi connectivity index (χ2v) is 6.34. The molecule has 0 heterocycles. The summed E-state index contributed by atoms with van der Waals surface area (Å²) in [6.45, 7) is 4.26. The molecule has 0 aliphatic rings. The zero-order valence-electron chi connectivity index (χ0n) is 11.6. The van der Waals surface area contributed by atoms with E-state index in [4.69, 9.17) is 10.00 Å². The van der Waals surface area contributed by atoms with Gasteiger partial charge in [-0.3, -0.25) is 15.4 Å². The maximum Gasteiger partial charge on any atom is 0.271 e. The molecular weight excluding hydrogens is 406 g/mol. The number of nitro groups is 1. The predicted molar refractivity (Wildman–Crippen MR) is 86.3 cm³/mol. The first-order valence-corrected chi connectivity index (χ1v) is 7.85. The van der Waals surface area contributed by atoms with Crippen LogP contribution in [0.25, 0.3) is 0 Å². The molecule has 1 unspecified atom stereocenters. The van der Waals surface area contributed by atoms with Crippen LogP contribution in [0.1, 0.15) is 20.3 Å². The van der Waals surface area contributed by atoms with Crippen LogP contribution < -0.4 is 10.1 Å². The van der Waals surface area contributed by atoms with Gasteiger partial charge in [-0.1, -0.05) is 0 Å². The van der Waals surface area contributed by atoms with Crippen molar-refractivity contribution in [2.24, 2.45) is 0 Å². The summed E-state index contributed by atoms with van der Waals surface area (Å²) in [5, 5.41) is 22.9. The minimum absolute atomic E-state index is 0.0301. The number of nitriles is 1. The van der Waals surface area contributed by atoms with Crippen molar-refractivity contribution in [1.82, 2.24) is 5.32 Å². The Labute approximate surface area is 139 Å². The molecule has 0 aliphatic heterocycles. The molecule has 1 aromatic rings. The van der Waals surface area contributed by atoms with Crippen LogP contribution in [0.5, 0.6) is 5.75 Å². The highest BCUT2D eigenvalue weighted by atomic mass is 79.9. The first-order chi connectivity index (χ1) is 9.85. The Bertz CT molecular complexity index is 535. The predicted octanol–water partition coefficient (Wildman–Crippen LogP) is 3.78. The van der Waals surface area contributed by atoms with Crippen molar-refractivity contribution < 1.29 is 9.66 Å². The van der Waals surface area contributed by atoms with Gasteiger partial charge in [0.2, 0.25) is 0 Å². The molecule has 0 aromatic heterocycles. The summed E-state index contributed by atoms with van der Waals surface area (Å²) in [5.41, 5.74) is -0.0301. The van der Waals surface area contributed by atoms with Crippen LogP contribution in [0.3, 0.4) is 0 Å². The monoisotopic (exact) mass is 419 g/mol. The third-order valence-corrected chi connectivity index (χ3v) is 3.72. The maximum absolute atomic E-state index is 10.7. The van der Waals surface area contributed by atoms with Crippen LogP contribution in [0, 0.1) is 21.4 Å². The Morgan fingerprint density at radius 2 is 2.00 bits per heavy atom. The molecule has 0 spiro atoms. The number of ether oxygens (including phenoxy) is 1. The van der Waals surface area contributed by atoms with Gasteiger partial charge in [0, 0.05) is 24.6 Å². The van der Waals surface area contributed by atoms with Crippen LogP contribution in [-0.2, 0) is 0 Å². The Morgan fingerprint density at radius 3 is 2.43 bits per heavy atom. The van der Waals surface area contributed by atoms with E-state index < -0.39 is 4.92 Å². The van der Waals surface area contributed by atoms with Gasteiger partial charge in [0.15, 0.2) is 0 Å². The van der Waals surface area contributed by atoms with Gasteiger partial charge < -0.3 is 4.74 Å². The molecule has 0 radical (unpaired) electrons. The van der Waals surface area contributed by atoms with E-state index in [0.717, 1.165) is 0 Å². The maximum atomic E-state index is 10.7. The number of hydrogen-bond donors (Lipinski definition) is 1. The highest BCUT2D eigenvalue weighted by molar-refractivity contribution is 9.11. The second-order valence-electron chi connectivity index (χ2n) is 4.64. The van der Waals surface area contributed by atoms with Crippen molar-refractivity contribution in [3.63, 3.8) is 0 Å². The lowest BCUT2D eigenvalue weighted by atomic mass is 10.2. The lowest BCUT2D eigenvalue weighted by Gasteiger charge is -2.15. The highest BCUT2D eigenvalue weighted by Crippen LogP contribution is 2.37. The normalized spacial score (nSPS) is 12.0. The van der Waals surface area contributed by atoms with Gasteiger partial charge >= 0.3 is 0 Å². The average Bonchev–Trinajstić information content (AvgIpc) is 2.39. The van der Waals surface area contributed by atoms with E-state index >= 15 is 0 Å².